The molecular formula is C10H12O4. The summed E-state index contributed by atoms with van der Waals surface area (Å²) in [6.45, 7) is 0. The minimum absolute atomic E-state index is 0.356. The quantitative estimate of drug-likeness (QED) is 0.687. The lowest BCUT2D eigenvalue weighted by Crippen LogP contribution is -2.04. The number of esters is 1. The maximum atomic E-state index is 11.3. The highest BCUT2D eigenvalue weighted by molar-refractivity contribution is 5.93. The molecule has 0 saturated carbocycles. The van der Waals surface area contributed by atoms with Crippen molar-refractivity contribution in [2.24, 2.45) is 0 Å². The van der Waals surface area contributed by atoms with Crippen LogP contribution >= 0.6 is 0 Å². The van der Waals surface area contributed by atoms with E-state index in [4.69, 9.17) is 9.47 Å². The summed E-state index contributed by atoms with van der Waals surface area (Å²) < 4.78 is 14.7. The van der Waals surface area contributed by atoms with Gasteiger partial charge < -0.3 is 14.2 Å². The van der Waals surface area contributed by atoms with E-state index in [1.165, 1.54) is 21.3 Å². The fourth-order valence-electron chi connectivity index (χ4n) is 1.16. The number of carbonyl (C=O) groups excluding carboxylic acids is 1. The van der Waals surface area contributed by atoms with Gasteiger partial charge in [-0.25, -0.2) is 4.79 Å². The summed E-state index contributed by atoms with van der Waals surface area (Å²) in [6.07, 6.45) is 0. The highest BCUT2D eigenvalue weighted by Gasteiger charge is 2.15. The summed E-state index contributed by atoms with van der Waals surface area (Å²) in [5.74, 6) is 0.456. The third-order valence-corrected chi connectivity index (χ3v) is 1.81. The van der Waals surface area contributed by atoms with Crippen LogP contribution in [0.3, 0.4) is 0 Å². The van der Waals surface area contributed by atoms with Gasteiger partial charge in [0.25, 0.3) is 0 Å². The number of ether oxygens (including phenoxy) is 3. The Kier molecular flexibility index (Phi) is 3.34. The number of para-hydroxylation sites is 1. The Balaban J connectivity index is 3.21. The lowest BCUT2D eigenvalue weighted by Gasteiger charge is -2.10. The number of methoxy groups -OCH3 is 3. The van der Waals surface area contributed by atoms with E-state index in [-0.39, 0.29) is 0 Å². The molecule has 0 unspecified atom stereocenters. The molecule has 0 atom stereocenters. The zero-order valence-corrected chi connectivity index (χ0v) is 8.37. The van der Waals surface area contributed by atoms with Gasteiger partial charge in [0.2, 0.25) is 0 Å². The molecule has 0 spiro atoms. The molecule has 0 bridgehead atoms. The Morgan fingerprint density at radius 1 is 1.14 bits per heavy atom. The van der Waals surface area contributed by atoms with Crippen molar-refractivity contribution in [2.75, 3.05) is 21.3 Å². The van der Waals surface area contributed by atoms with Gasteiger partial charge in [0.15, 0.2) is 11.5 Å². The Labute approximate surface area is 82.4 Å². The third kappa shape index (κ3) is 1.79. The molecule has 1 aromatic carbocycles. The fourth-order valence-corrected chi connectivity index (χ4v) is 1.16. The second kappa shape index (κ2) is 4.50. The van der Waals surface area contributed by atoms with Crippen molar-refractivity contribution in [3.8, 4) is 11.5 Å². The van der Waals surface area contributed by atoms with E-state index in [1.807, 2.05) is 0 Å². The Bertz CT molecular complexity index is 333. The largest absolute Gasteiger partial charge is 0.493 e. The topological polar surface area (TPSA) is 44.8 Å². The first kappa shape index (κ1) is 10.4. The smallest absolute Gasteiger partial charge is 0.341 e. The second-order valence-electron chi connectivity index (χ2n) is 2.53. The first-order valence-electron chi connectivity index (χ1n) is 4.04. The number of carbonyl (C=O) groups is 1. The van der Waals surface area contributed by atoms with Crippen molar-refractivity contribution in [3.05, 3.63) is 23.8 Å². The maximum Gasteiger partial charge on any atom is 0.341 e. The average Bonchev–Trinajstić information content (AvgIpc) is 2.26. The van der Waals surface area contributed by atoms with Crippen LogP contribution in [0.1, 0.15) is 10.4 Å². The van der Waals surface area contributed by atoms with Crippen molar-refractivity contribution in [1.29, 1.82) is 0 Å². The van der Waals surface area contributed by atoms with Gasteiger partial charge in [0, 0.05) is 0 Å². The van der Waals surface area contributed by atoms with Crippen LogP contribution in [-0.4, -0.2) is 27.3 Å². The van der Waals surface area contributed by atoms with Gasteiger partial charge in [0.1, 0.15) is 5.56 Å². The van der Waals surface area contributed by atoms with Gasteiger partial charge in [-0.3, -0.25) is 0 Å². The summed E-state index contributed by atoms with van der Waals surface area (Å²) in [5.41, 5.74) is 0.356. The minimum atomic E-state index is -0.444. The van der Waals surface area contributed by atoms with Crippen LogP contribution in [0, 0.1) is 0 Å². The number of benzene rings is 1. The van der Waals surface area contributed by atoms with E-state index in [0.717, 1.165) is 0 Å². The molecule has 76 valence electrons. The highest BCUT2D eigenvalue weighted by Crippen LogP contribution is 2.30. The molecule has 0 aliphatic heterocycles. The van der Waals surface area contributed by atoms with Gasteiger partial charge >= 0.3 is 5.97 Å². The summed E-state index contributed by atoms with van der Waals surface area (Å²) in [7, 11) is 4.31. The summed E-state index contributed by atoms with van der Waals surface area (Å²) >= 11 is 0. The number of hydrogen-bond acceptors (Lipinski definition) is 4. The molecule has 1 rings (SSSR count). The Morgan fingerprint density at radius 3 is 2.36 bits per heavy atom. The summed E-state index contributed by atoms with van der Waals surface area (Å²) in [4.78, 5) is 11.3. The predicted molar refractivity (Wildman–Crippen MR) is 50.9 cm³/mol. The van der Waals surface area contributed by atoms with Gasteiger partial charge in [-0.1, -0.05) is 6.07 Å². The summed E-state index contributed by atoms with van der Waals surface area (Å²) in [5, 5.41) is 0. The van der Waals surface area contributed by atoms with E-state index in [0.29, 0.717) is 17.1 Å². The van der Waals surface area contributed by atoms with Gasteiger partial charge in [-0.05, 0) is 12.1 Å². The van der Waals surface area contributed by atoms with E-state index < -0.39 is 5.97 Å². The molecule has 0 radical (unpaired) electrons. The van der Waals surface area contributed by atoms with Crippen molar-refractivity contribution >= 4 is 5.97 Å². The van der Waals surface area contributed by atoms with Crippen molar-refractivity contribution in [1.82, 2.24) is 0 Å². The molecule has 0 aliphatic carbocycles. The van der Waals surface area contributed by atoms with Gasteiger partial charge in [-0.15, -0.1) is 0 Å². The van der Waals surface area contributed by atoms with E-state index >= 15 is 0 Å². The predicted octanol–water partition coefficient (Wildman–Crippen LogP) is 1.49. The van der Waals surface area contributed by atoms with Crippen molar-refractivity contribution < 1.29 is 19.0 Å². The lowest BCUT2D eigenvalue weighted by molar-refractivity contribution is 0.0596. The molecule has 0 aromatic heterocycles. The average molecular weight is 196 g/mol. The van der Waals surface area contributed by atoms with Crippen LogP contribution in [0.5, 0.6) is 11.5 Å². The molecular weight excluding hydrogens is 184 g/mol. The molecule has 0 heterocycles. The molecule has 0 saturated heterocycles. The highest BCUT2D eigenvalue weighted by atomic mass is 16.5. The standard InChI is InChI=1S/C10H12O4/c1-12-8-6-4-5-7(9(8)13-2)10(11)14-3/h4-6H,1-3H3. The van der Waals surface area contributed by atoms with Crippen molar-refractivity contribution in [3.63, 3.8) is 0 Å². The van der Waals surface area contributed by atoms with Gasteiger partial charge in [-0.2, -0.15) is 0 Å². The molecule has 1 aromatic rings. The maximum absolute atomic E-state index is 11.3. The molecule has 0 fully saturated rings. The number of hydrogen-bond donors (Lipinski definition) is 0. The van der Waals surface area contributed by atoms with Crippen LogP contribution in [-0.2, 0) is 4.74 Å². The first-order chi connectivity index (χ1) is 6.74. The van der Waals surface area contributed by atoms with E-state index in [1.54, 1.807) is 18.2 Å². The zero-order chi connectivity index (χ0) is 10.6. The van der Waals surface area contributed by atoms with E-state index in [9.17, 15) is 4.79 Å². The van der Waals surface area contributed by atoms with Crippen LogP contribution in [0.15, 0.2) is 18.2 Å². The van der Waals surface area contributed by atoms with E-state index in [2.05, 4.69) is 4.74 Å². The molecule has 0 aliphatic rings. The Morgan fingerprint density at radius 2 is 1.86 bits per heavy atom. The first-order valence-corrected chi connectivity index (χ1v) is 4.04. The van der Waals surface area contributed by atoms with Gasteiger partial charge in [0.05, 0.1) is 21.3 Å². The van der Waals surface area contributed by atoms with Crippen LogP contribution in [0.4, 0.5) is 0 Å². The lowest BCUT2D eigenvalue weighted by atomic mass is 10.2. The summed E-state index contributed by atoms with van der Waals surface area (Å²) in [6, 6.07) is 5.03. The normalized spacial score (nSPS) is 9.36. The number of rotatable bonds is 3. The second-order valence-corrected chi connectivity index (χ2v) is 2.53. The molecule has 4 heteroatoms. The van der Waals surface area contributed by atoms with Crippen LogP contribution in [0.2, 0.25) is 0 Å². The zero-order valence-electron chi connectivity index (χ0n) is 8.37. The molecule has 4 nitrogen and oxygen atoms in total. The Hall–Kier alpha value is -1.71. The fraction of sp³-hybridized carbons (Fsp3) is 0.300. The van der Waals surface area contributed by atoms with Crippen LogP contribution < -0.4 is 9.47 Å². The molecule has 0 amide bonds. The monoisotopic (exact) mass is 196 g/mol. The SMILES string of the molecule is COC(=O)c1cccc(OC)c1OC. The molecule has 14 heavy (non-hydrogen) atoms. The molecule has 0 N–H and O–H groups in total. The third-order valence-electron chi connectivity index (χ3n) is 1.81. The van der Waals surface area contributed by atoms with Crippen molar-refractivity contribution in [2.45, 2.75) is 0 Å². The minimum Gasteiger partial charge on any atom is -0.493 e. The van der Waals surface area contributed by atoms with Crippen LogP contribution in [0.25, 0.3) is 0 Å².